The molecule has 0 bridgehead atoms. The number of imidazole rings is 1. The van der Waals surface area contributed by atoms with Crippen molar-refractivity contribution in [2.45, 2.75) is 25.8 Å². The van der Waals surface area contributed by atoms with Crippen molar-refractivity contribution in [1.29, 1.82) is 5.26 Å². The van der Waals surface area contributed by atoms with Crippen molar-refractivity contribution >= 4 is 28.4 Å². The van der Waals surface area contributed by atoms with Gasteiger partial charge < -0.3 is 10.2 Å². The summed E-state index contributed by atoms with van der Waals surface area (Å²) in [5, 5.41) is 17.9. The van der Waals surface area contributed by atoms with Crippen LogP contribution in [-0.4, -0.2) is 56.3 Å². The molecule has 10 heteroatoms. The maximum absolute atomic E-state index is 14.6. The lowest BCUT2D eigenvalue weighted by atomic mass is 10.1. The number of fused-ring (bicyclic) bond motifs is 1. The van der Waals surface area contributed by atoms with Crippen LogP contribution in [0.2, 0.25) is 5.15 Å². The van der Waals surface area contributed by atoms with Gasteiger partial charge in [0.25, 0.3) is 5.91 Å². The van der Waals surface area contributed by atoms with Gasteiger partial charge in [-0.15, -0.1) is 0 Å². The first-order chi connectivity index (χ1) is 17.3. The summed E-state index contributed by atoms with van der Waals surface area (Å²) in [5.41, 5.74) is 2.70. The molecule has 2 aromatic carbocycles. The van der Waals surface area contributed by atoms with Crippen molar-refractivity contribution < 1.29 is 9.18 Å². The largest absolute Gasteiger partial charge is 0.347 e. The molecule has 0 radical (unpaired) electrons. The van der Waals surface area contributed by atoms with Crippen LogP contribution in [0.25, 0.3) is 28.0 Å². The number of hydrogen-bond donors (Lipinski definition) is 1. The zero-order valence-electron chi connectivity index (χ0n) is 20.2. The Morgan fingerprint density at radius 2 is 2.06 bits per heavy atom. The molecule has 1 saturated heterocycles. The number of benzene rings is 2. The highest BCUT2D eigenvalue weighted by Gasteiger charge is 2.26. The summed E-state index contributed by atoms with van der Waals surface area (Å²) < 4.78 is 18.0. The molecule has 4 aromatic rings. The van der Waals surface area contributed by atoms with Gasteiger partial charge in [-0.1, -0.05) is 11.6 Å². The van der Waals surface area contributed by atoms with Crippen molar-refractivity contribution in [2.75, 3.05) is 20.1 Å². The summed E-state index contributed by atoms with van der Waals surface area (Å²) in [6.07, 6.45) is 1.91. The molecule has 0 saturated carbocycles. The van der Waals surface area contributed by atoms with Gasteiger partial charge >= 0.3 is 0 Å². The maximum atomic E-state index is 14.6. The van der Waals surface area contributed by atoms with Crippen molar-refractivity contribution in [3.63, 3.8) is 0 Å². The highest BCUT2D eigenvalue weighted by molar-refractivity contribution is 6.34. The molecule has 184 valence electrons. The van der Waals surface area contributed by atoms with Crippen molar-refractivity contribution in [2.24, 2.45) is 7.05 Å². The van der Waals surface area contributed by atoms with E-state index in [9.17, 15) is 9.18 Å². The van der Waals surface area contributed by atoms with E-state index in [1.807, 2.05) is 42.8 Å². The number of amides is 1. The first kappa shape index (κ1) is 24.0. The minimum absolute atomic E-state index is 0.0298. The van der Waals surface area contributed by atoms with E-state index in [1.54, 1.807) is 17.8 Å². The molecular formula is C26H25ClFN7O. The Bertz CT molecular complexity index is 1530. The van der Waals surface area contributed by atoms with Crippen LogP contribution in [-0.2, 0) is 7.05 Å². The molecule has 1 aliphatic rings. The van der Waals surface area contributed by atoms with Crippen LogP contribution in [0, 0.1) is 24.1 Å². The first-order valence-electron chi connectivity index (χ1n) is 11.7. The molecule has 8 nitrogen and oxygen atoms in total. The van der Waals surface area contributed by atoms with Crippen LogP contribution in [0.15, 0.2) is 36.4 Å². The average Bonchev–Trinajstić information content (AvgIpc) is 3.34. The summed E-state index contributed by atoms with van der Waals surface area (Å²) in [4.78, 5) is 20.2. The average molecular weight is 506 g/mol. The third kappa shape index (κ3) is 4.23. The number of carbonyl (C=O) groups is 1. The monoisotopic (exact) mass is 505 g/mol. The van der Waals surface area contributed by atoms with Gasteiger partial charge in [-0.05, 0) is 69.8 Å². The Kier molecular flexibility index (Phi) is 6.24. The van der Waals surface area contributed by atoms with Gasteiger partial charge in [0.05, 0.1) is 16.8 Å². The molecule has 0 unspecified atom stereocenters. The third-order valence-corrected chi connectivity index (χ3v) is 7.08. The molecule has 5 rings (SSSR count). The fourth-order valence-corrected chi connectivity index (χ4v) is 4.99. The summed E-state index contributed by atoms with van der Waals surface area (Å²) in [6, 6.07) is 11.8. The van der Waals surface area contributed by atoms with Crippen LogP contribution in [0.4, 0.5) is 4.39 Å². The molecule has 36 heavy (non-hydrogen) atoms. The molecule has 1 N–H and O–H groups in total. The summed E-state index contributed by atoms with van der Waals surface area (Å²) >= 11 is 6.45. The highest BCUT2D eigenvalue weighted by Crippen LogP contribution is 2.31. The third-order valence-electron chi connectivity index (χ3n) is 6.63. The molecule has 1 aliphatic heterocycles. The van der Waals surface area contributed by atoms with Gasteiger partial charge in [0.15, 0.2) is 0 Å². The SMILES string of the molecule is Cc1c(C(=O)N[C@@H]2CCCN(C)C2)nc(-c2ccc(C#N)c(F)c2)n1-c1ccc2nn(C)c(Cl)c2c1. The van der Waals surface area contributed by atoms with Crippen LogP contribution in [0.1, 0.15) is 34.6 Å². The van der Waals surface area contributed by atoms with Gasteiger partial charge in [-0.25, -0.2) is 9.37 Å². The zero-order chi connectivity index (χ0) is 25.6. The summed E-state index contributed by atoms with van der Waals surface area (Å²) in [7, 11) is 3.80. The number of hydrogen-bond acceptors (Lipinski definition) is 5. The Balaban J connectivity index is 1.64. The highest BCUT2D eigenvalue weighted by atomic mass is 35.5. The second-order valence-corrected chi connectivity index (χ2v) is 9.56. The lowest BCUT2D eigenvalue weighted by Gasteiger charge is -2.30. The maximum Gasteiger partial charge on any atom is 0.272 e. The molecule has 0 aliphatic carbocycles. The first-order valence-corrected chi connectivity index (χ1v) is 12.1. The molecule has 1 fully saturated rings. The fraction of sp³-hybridized carbons (Fsp3) is 0.308. The smallest absolute Gasteiger partial charge is 0.272 e. The lowest BCUT2D eigenvalue weighted by molar-refractivity contribution is 0.0907. The van der Waals surface area contributed by atoms with Crippen LogP contribution in [0.3, 0.4) is 0 Å². The second-order valence-electron chi connectivity index (χ2n) is 9.20. The van der Waals surface area contributed by atoms with E-state index < -0.39 is 5.82 Å². The van der Waals surface area contributed by atoms with Crippen LogP contribution < -0.4 is 5.32 Å². The number of nitrogens with zero attached hydrogens (tertiary/aromatic N) is 6. The number of piperidine rings is 1. The Labute approximate surface area is 212 Å². The quantitative estimate of drug-likeness (QED) is 0.448. The van der Waals surface area contributed by atoms with Gasteiger partial charge in [-0.3, -0.25) is 14.0 Å². The van der Waals surface area contributed by atoms with Gasteiger partial charge in [0.2, 0.25) is 0 Å². The fourth-order valence-electron chi connectivity index (χ4n) is 4.80. The number of nitriles is 1. The summed E-state index contributed by atoms with van der Waals surface area (Å²) in [6.45, 7) is 3.59. The van der Waals surface area contributed by atoms with E-state index in [1.165, 1.54) is 12.1 Å². The lowest BCUT2D eigenvalue weighted by Crippen LogP contribution is -2.46. The van der Waals surface area contributed by atoms with Crippen molar-refractivity contribution in [3.05, 3.63) is 64.3 Å². The van der Waals surface area contributed by atoms with Crippen molar-refractivity contribution in [3.8, 4) is 23.1 Å². The van der Waals surface area contributed by atoms with Crippen molar-refractivity contribution in [1.82, 2.24) is 29.5 Å². The number of likely N-dealkylation sites (tertiary alicyclic amines) is 1. The standard InChI is InChI=1S/C26H25ClFN7O/c1-15-23(26(36)30-18-5-4-10-33(2)14-18)31-25(16-6-7-17(13-29)21(28)11-16)35(15)19-8-9-22-20(12-19)24(27)34(3)32-22/h6-9,11-12,18H,4-5,10,14H2,1-3H3,(H,30,36)/t18-/m1/s1. The second kappa shape index (κ2) is 9.37. The van der Waals surface area contributed by atoms with E-state index in [0.717, 1.165) is 36.8 Å². The Morgan fingerprint density at radius 3 is 2.78 bits per heavy atom. The molecular weight excluding hydrogens is 481 g/mol. The molecule has 1 amide bonds. The Hall–Kier alpha value is -3.74. The van der Waals surface area contributed by atoms with E-state index in [2.05, 4.69) is 20.3 Å². The Morgan fingerprint density at radius 1 is 1.25 bits per heavy atom. The number of carbonyl (C=O) groups excluding carboxylic acids is 1. The summed E-state index contributed by atoms with van der Waals surface area (Å²) in [5.74, 6) is -0.534. The number of nitrogens with one attached hydrogen (secondary N) is 1. The number of aryl methyl sites for hydroxylation is 1. The number of rotatable bonds is 4. The predicted octanol–water partition coefficient (Wildman–Crippen LogP) is 4.22. The van der Waals surface area contributed by atoms with E-state index in [0.29, 0.717) is 27.9 Å². The van der Waals surface area contributed by atoms with E-state index in [-0.39, 0.29) is 23.2 Å². The molecule has 2 aromatic heterocycles. The molecule has 1 atom stereocenters. The number of halogens is 2. The minimum Gasteiger partial charge on any atom is -0.347 e. The topological polar surface area (TPSA) is 91.8 Å². The normalized spacial score (nSPS) is 16.3. The van der Waals surface area contributed by atoms with Gasteiger partial charge in [0.1, 0.15) is 28.6 Å². The van der Waals surface area contributed by atoms with E-state index in [4.69, 9.17) is 16.9 Å². The molecule has 3 heterocycles. The minimum atomic E-state index is -0.649. The van der Waals surface area contributed by atoms with E-state index >= 15 is 0 Å². The van der Waals surface area contributed by atoms with Crippen LogP contribution >= 0.6 is 11.6 Å². The zero-order valence-corrected chi connectivity index (χ0v) is 21.0. The van der Waals surface area contributed by atoms with Crippen LogP contribution in [0.5, 0.6) is 0 Å². The predicted molar refractivity (Wildman–Crippen MR) is 136 cm³/mol. The van der Waals surface area contributed by atoms with Gasteiger partial charge in [-0.2, -0.15) is 10.4 Å². The molecule has 0 spiro atoms. The number of aromatic nitrogens is 4. The number of likely N-dealkylation sites (N-methyl/N-ethyl adjacent to an activating group) is 1. The van der Waals surface area contributed by atoms with Gasteiger partial charge in [0, 0.05) is 36.3 Å².